The van der Waals surface area contributed by atoms with Gasteiger partial charge in [0, 0.05) is 37.6 Å². The first-order valence-corrected chi connectivity index (χ1v) is 10.1. The first kappa shape index (κ1) is 18.1. The summed E-state index contributed by atoms with van der Waals surface area (Å²) in [6.07, 6.45) is 2.21. The van der Waals surface area contributed by atoms with Crippen LogP contribution in [0.3, 0.4) is 0 Å². The monoisotopic (exact) mass is 375 g/mol. The summed E-state index contributed by atoms with van der Waals surface area (Å²) in [7, 11) is -1.16. The van der Waals surface area contributed by atoms with E-state index in [1.165, 1.54) is 6.92 Å². The van der Waals surface area contributed by atoms with Crippen molar-refractivity contribution in [2.75, 3.05) is 34.1 Å². The third-order valence-corrected chi connectivity index (χ3v) is 5.92. The lowest BCUT2D eigenvalue weighted by Crippen LogP contribution is -2.33. The molecule has 1 fully saturated rings. The first-order chi connectivity index (χ1) is 12.3. The Kier molecular flexibility index (Phi) is 5.08. The van der Waals surface area contributed by atoms with Gasteiger partial charge in [0.05, 0.1) is 11.5 Å². The van der Waals surface area contributed by atoms with Gasteiger partial charge in [0.2, 0.25) is 11.9 Å². The van der Waals surface area contributed by atoms with E-state index in [2.05, 4.69) is 20.6 Å². The van der Waals surface area contributed by atoms with Gasteiger partial charge in [-0.2, -0.15) is 4.98 Å². The molecule has 1 aromatic heterocycles. The smallest absolute Gasteiger partial charge is 0.227 e. The highest BCUT2D eigenvalue weighted by atomic mass is 32.2. The zero-order valence-corrected chi connectivity index (χ0v) is 15.5. The van der Waals surface area contributed by atoms with Gasteiger partial charge >= 0.3 is 0 Å². The number of carbonyl (C=O) groups is 1. The average molecular weight is 375 g/mol. The molecule has 1 aliphatic heterocycles. The molecule has 1 aromatic carbocycles. The summed E-state index contributed by atoms with van der Waals surface area (Å²) in [5, 5.41) is 5.90. The van der Waals surface area contributed by atoms with Crippen LogP contribution in [0.25, 0.3) is 0 Å². The minimum atomic E-state index is -2.97. The Bertz CT molecular complexity index is 916. The van der Waals surface area contributed by atoms with Gasteiger partial charge in [0.15, 0.2) is 9.84 Å². The number of aromatic nitrogens is 2. The van der Waals surface area contributed by atoms with Crippen LogP contribution in [0.5, 0.6) is 0 Å². The molecule has 2 aromatic rings. The zero-order valence-electron chi connectivity index (χ0n) is 14.6. The number of amides is 1. The highest BCUT2D eigenvalue weighted by Gasteiger charge is 2.31. The van der Waals surface area contributed by atoms with Gasteiger partial charge < -0.3 is 15.5 Å². The van der Waals surface area contributed by atoms with Crippen molar-refractivity contribution in [1.82, 2.24) is 9.97 Å². The predicted molar refractivity (Wildman–Crippen MR) is 102 cm³/mol. The Hall–Kier alpha value is -2.68. The SMILES string of the molecule is CC(=O)Nc1cccc(Nc2ccnc(N(C)C3CCS(=O)(=O)C3)n2)c1. The van der Waals surface area contributed by atoms with Crippen molar-refractivity contribution in [2.24, 2.45) is 0 Å². The van der Waals surface area contributed by atoms with Crippen molar-refractivity contribution in [3.05, 3.63) is 36.5 Å². The van der Waals surface area contributed by atoms with E-state index in [0.29, 0.717) is 23.9 Å². The maximum atomic E-state index is 11.7. The van der Waals surface area contributed by atoms with Crippen molar-refractivity contribution in [3.8, 4) is 0 Å². The number of benzene rings is 1. The van der Waals surface area contributed by atoms with Crippen LogP contribution in [-0.2, 0) is 14.6 Å². The number of nitrogens with one attached hydrogen (secondary N) is 2. The Morgan fingerprint density at radius 1 is 1.27 bits per heavy atom. The molecule has 0 bridgehead atoms. The second-order valence-corrected chi connectivity index (χ2v) is 8.53. The van der Waals surface area contributed by atoms with E-state index in [9.17, 15) is 13.2 Å². The molecule has 3 rings (SSSR count). The molecule has 1 unspecified atom stereocenters. The highest BCUT2D eigenvalue weighted by Crippen LogP contribution is 2.23. The first-order valence-electron chi connectivity index (χ1n) is 8.23. The van der Waals surface area contributed by atoms with E-state index in [1.807, 2.05) is 24.1 Å². The molecule has 0 aliphatic carbocycles. The summed E-state index contributed by atoms with van der Waals surface area (Å²) in [4.78, 5) is 21.7. The zero-order chi connectivity index (χ0) is 18.7. The van der Waals surface area contributed by atoms with Gasteiger partial charge in [-0.3, -0.25) is 4.79 Å². The molecule has 2 heterocycles. The van der Waals surface area contributed by atoms with Crippen molar-refractivity contribution in [2.45, 2.75) is 19.4 Å². The molecule has 26 heavy (non-hydrogen) atoms. The second-order valence-electron chi connectivity index (χ2n) is 6.30. The number of sulfone groups is 1. The number of anilines is 4. The van der Waals surface area contributed by atoms with Crippen molar-refractivity contribution < 1.29 is 13.2 Å². The molecule has 9 heteroatoms. The molecule has 1 aliphatic rings. The van der Waals surface area contributed by atoms with Crippen LogP contribution in [0.2, 0.25) is 0 Å². The summed E-state index contributed by atoms with van der Waals surface area (Å²) >= 11 is 0. The summed E-state index contributed by atoms with van der Waals surface area (Å²) in [5.74, 6) is 1.25. The number of hydrogen-bond donors (Lipinski definition) is 2. The Morgan fingerprint density at radius 3 is 2.73 bits per heavy atom. The van der Waals surface area contributed by atoms with E-state index < -0.39 is 9.84 Å². The van der Waals surface area contributed by atoms with Gasteiger partial charge in [-0.25, -0.2) is 13.4 Å². The van der Waals surface area contributed by atoms with Gasteiger partial charge in [-0.05, 0) is 30.7 Å². The van der Waals surface area contributed by atoms with Gasteiger partial charge in [-0.15, -0.1) is 0 Å². The number of nitrogens with zero attached hydrogens (tertiary/aromatic N) is 3. The number of carbonyl (C=O) groups excluding carboxylic acids is 1. The topological polar surface area (TPSA) is 104 Å². The Morgan fingerprint density at radius 2 is 2.04 bits per heavy atom. The molecule has 0 radical (unpaired) electrons. The molecule has 0 spiro atoms. The molecule has 1 amide bonds. The lowest BCUT2D eigenvalue weighted by molar-refractivity contribution is -0.114. The summed E-state index contributed by atoms with van der Waals surface area (Å²) in [6, 6.07) is 8.90. The molecule has 0 saturated carbocycles. The average Bonchev–Trinajstić information content (AvgIpc) is 2.94. The van der Waals surface area contributed by atoms with Crippen LogP contribution in [0, 0.1) is 0 Å². The van der Waals surface area contributed by atoms with E-state index >= 15 is 0 Å². The summed E-state index contributed by atoms with van der Waals surface area (Å²) in [6.45, 7) is 1.45. The third-order valence-electron chi connectivity index (χ3n) is 4.17. The molecule has 8 nitrogen and oxygen atoms in total. The molecular weight excluding hydrogens is 354 g/mol. The van der Waals surface area contributed by atoms with E-state index in [1.54, 1.807) is 24.4 Å². The van der Waals surface area contributed by atoms with E-state index in [4.69, 9.17) is 0 Å². The lowest BCUT2D eigenvalue weighted by atomic mass is 10.2. The molecule has 2 N–H and O–H groups in total. The fourth-order valence-electron chi connectivity index (χ4n) is 2.86. The van der Waals surface area contributed by atoms with Crippen LogP contribution in [-0.4, -0.2) is 48.9 Å². The van der Waals surface area contributed by atoms with Crippen molar-refractivity contribution >= 4 is 38.9 Å². The normalized spacial score (nSPS) is 18.3. The van der Waals surface area contributed by atoms with Crippen LogP contribution in [0.4, 0.5) is 23.1 Å². The largest absolute Gasteiger partial charge is 0.340 e. The van der Waals surface area contributed by atoms with Crippen LogP contribution in [0.1, 0.15) is 13.3 Å². The maximum absolute atomic E-state index is 11.7. The van der Waals surface area contributed by atoms with E-state index in [-0.39, 0.29) is 23.5 Å². The van der Waals surface area contributed by atoms with Crippen molar-refractivity contribution in [1.29, 1.82) is 0 Å². The Labute approximate surface area is 152 Å². The third kappa shape index (κ3) is 4.48. The highest BCUT2D eigenvalue weighted by molar-refractivity contribution is 7.91. The second kappa shape index (κ2) is 7.28. The number of hydrogen-bond acceptors (Lipinski definition) is 7. The predicted octanol–water partition coefficient (Wildman–Crippen LogP) is 1.80. The van der Waals surface area contributed by atoms with Crippen LogP contribution in [0.15, 0.2) is 36.5 Å². The summed E-state index contributed by atoms with van der Waals surface area (Å²) in [5.41, 5.74) is 1.46. The minimum absolute atomic E-state index is 0.113. The van der Waals surface area contributed by atoms with Gasteiger partial charge in [0.25, 0.3) is 0 Å². The standard InChI is InChI=1S/C17H21N5O3S/c1-12(23)19-13-4-3-5-14(10-13)20-16-6-8-18-17(21-16)22(2)15-7-9-26(24,25)11-15/h3-6,8,10,15H,7,9,11H2,1-2H3,(H,19,23)(H,18,20,21). The van der Waals surface area contributed by atoms with Gasteiger partial charge in [0.1, 0.15) is 5.82 Å². The Balaban J connectivity index is 1.74. The fourth-order valence-corrected chi connectivity index (χ4v) is 4.63. The van der Waals surface area contributed by atoms with Crippen LogP contribution < -0.4 is 15.5 Å². The molecular formula is C17H21N5O3S. The van der Waals surface area contributed by atoms with Gasteiger partial charge in [-0.1, -0.05) is 6.07 Å². The van der Waals surface area contributed by atoms with E-state index in [0.717, 1.165) is 5.69 Å². The lowest BCUT2D eigenvalue weighted by Gasteiger charge is -2.23. The molecule has 1 saturated heterocycles. The van der Waals surface area contributed by atoms with Crippen molar-refractivity contribution in [3.63, 3.8) is 0 Å². The molecule has 1 atom stereocenters. The fraction of sp³-hybridized carbons (Fsp3) is 0.353. The maximum Gasteiger partial charge on any atom is 0.227 e. The number of rotatable bonds is 5. The quantitative estimate of drug-likeness (QED) is 0.821. The molecule has 138 valence electrons. The summed E-state index contributed by atoms with van der Waals surface area (Å²) < 4.78 is 23.4. The minimum Gasteiger partial charge on any atom is -0.340 e. The van der Waals surface area contributed by atoms with Crippen LogP contribution >= 0.6 is 0 Å².